The lowest BCUT2D eigenvalue weighted by molar-refractivity contribution is -0.142. The summed E-state index contributed by atoms with van der Waals surface area (Å²) >= 11 is 0. The highest BCUT2D eigenvalue weighted by atomic mass is 32.2. The topological polar surface area (TPSA) is 90.7 Å². The van der Waals surface area contributed by atoms with Gasteiger partial charge in [0.1, 0.15) is 23.1 Å². The fourth-order valence-corrected chi connectivity index (χ4v) is 5.75. The molecule has 1 unspecified atom stereocenters. The molecule has 1 heterocycles. The molecule has 1 fully saturated rings. The zero-order chi connectivity index (χ0) is 24.8. The smallest absolute Gasteiger partial charge is 0.329 e. The second-order valence-electron chi connectivity index (χ2n) is 9.06. The molecule has 35 heavy (non-hydrogen) atoms. The number of methoxy groups -OCH3 is 1. The van der Waals surface area contributed by atoms with Gasteiger partial charge >= 0.3 is 5.97 Å². The molecule has 0 radical (unpaired) electrons. The summed E-state index contributed by atoms with van der Waals surface area (Å²) in [5, 5.41) is 14.5. The minimum absolute atomic E-state index is 0.242. The third-order valence-electron chi connectivity index (χ3n) is 6.56. The van der Waals surface area contributed by atoms with E-state index in [2.05, 4.69) is 0 Å². The quantitative estimate of drug-likeness (QED) is 0.431. The van der Waals surface area contributed by atoms with E-state index in [1.54, 1.807) is 13.4 Å². The number of ether oxygens (including phenoxy) is 2. The predicted molar refractivity (Wildman–Crippen MR) is 136 cm³/mol. The number of benzene rings is 2. The average molecular weight is 497 g/mol. The molecule has 7 nitrogen and oxygen atoms in total. The van der Waals surface area contributed by atoms with E-state index in [0.29, 0.717) is 25.0 Å². The molecule has 0 amide bonds. The first-order valence-corrected chi connectivity index (χ1v) is 13.5. The van der Waals surface area contributed by atoms with Crippen molar-refractivity contribution >= 4 is 16.8 Å². The highest BCUT2D eigenvalue weighted by Gasteiger charge is 2.27. The van der Waals surface area contributed by atoms with Crippen molar-refractivity contribution in [3.8, 4) is 28.1 Å². The third-order valence-corrected chi connectivity index (χ3v) is 7.52. The second-order valence-corrected chi connectivity index (χ2v) is 10.4. The van der Waals surface area contributed by atoms with Gasteiger partial charge in [0.2, 0.25) is 0 Å². The van der Waals surface area contributed by atoms with Crippen LogP contribution in [0.5, 0.6) is 5.75 Å². The highest BCUT2D eigenvalue weighted by molar-refractivity contribution is 7.84. The van der Waals surface area contributed by atoms with Gasteiger partial charge in [0.05, 0.1) is 24.5 Å². The molecule has 1 saturated carbocycles. The van der Waals surface area contributed by atoms with Crippen molar-refractivity contribution in [2.75, 3.05) is 26.6 Å². The fourth-order valence-electron chi connectivity index (χ4n) is 4.84. The largest absolute Gasteiger partial charge is 0.497 e. The number of hydrogen-bond acceptors (Lipinski definition) is 5. The Balaban J connectivity index is 1.62. The Bertz CT molecular complexity index is 1170. The van der Waals surface area contributed by atoms with Gasteiger partial charge in [-0.2, -0.15) is 5.10 Å². The summed E-state index contributed by atoms with van der Waals surface area (Å²) in [6, 6.07) is 17.8. The number of aromatic nitrogens is 2. The number of carboxylic acids is 1. The summed E-state index contributed by atoms with van der Waals surface area (Å²) < 4.78 is 25.8. The first-order valence-electron chi connectivity index (χ1n) is 11.9. The van der Waals surface area contributed by atoms with Gasteiger partial charge in [-0.05, 0) is 55.2 Å². The minimum atomic E-state index is -1.25. The van der Waals surface area contributed by atoms with Crippen LogP contribution >= 0.6 is 0 Å². The summed E-state index contributed by atoms with van der Waals surface area (Å²) in [5.41, 5.74) is 3.61. The molecule has 186 valence electrons. The van der Waals surface area contributed by atoms with Gasteiger partial charge in [0.25, 0.3) is 0 Å². The zero-order valence-electron chi connectivity index (χ0n) is 20.2. The molecule has 0 aliphatic heterocycles. The molecule has 2 aromatic carbocycles. The molecule has 1 aromatic heterocycles. The van der Waals surface area contributed by atoms with Crippen LogP contribution in [0.2, 0.25) is 0 Å². The Morgan fingerprint density at radius 2 is 1.74 bits per heavy atom. The van der Waals surface area contributed by atoms with E-state index in [9.17, 15) is 9.00 Å². The maximum Gasteiger partial charge on any atom is 0.329 e. The van der Waals surface area contributed by atoms with Crippen LogP contribution in [0.3, 0.4) is 0 Å². The molecular weight excluding hydrogens is 464 g/mol. The second kappa shape index (κ2) is 11.6. The maximum absolute atomic E-state index is 13.1. The van der Waals surface area contributed by atoms with Crippen LogP contribution in [0.25, 0.3) is 22.4 Å². The molecule has 0 bridgehead atoms. The lowest BCUT2D eigenvalue weighted by Crippen LogP contribution is -2.24. The van der Waals surface area contributed by atoms with Gasteiger partial charge in [0, 0.05) is 23.9 Å². The van der Waals surface area contributed by atoms with E-state index in [1.807, 2.05) is 59.3 Å². The fraction of sp³-hybridized carbons (Fsp3) is 0.407. The van der Waals surface area contributed by atoms with Crippen molar-refractivity contribution in [3.05, 3.63) is 54.6 Å². The van der Waals surface area contributed by atoms with Crippen LogP contribution in [-0.2, 0) is 26.9 Å². The maximum atomic E-state index is 13.1. The lowest BCUT2D eigenvalue weighted by atomic mass is 9.82. The van der Waals surface area contributed by atoms with E-state index in [-0.39, 0.29) is 6.61 Å². The molecule has 3 aromatic rings. The molecule has 0 saturated heterocycles. The third kappa shape index (κ3) is 6.18. The zero-order valence-corrected chi connectivity index (χ0v) is 21.0. The van der Waals surface area contributed by atoms with Crippen LogP contribution in [0, 0.1) is 11.8 Å². The Kier molecular flexibility index (Phi) is 8.36. The van der Waals surface area contributed by atoms with Crippen molar-refractivity contribution in [3.63, 3.8) is 0 Å². The van der Waals surface area contributed by atoms with Gasteiger partial charge in [-0.25, -0.2) is 4.79 Å². The van der Waals surface area contributed by atoms with Gasteiger partial charge in [-0.15, -0.1) is 0 Å². The van der Waals surface area contributed by atoms with Crippen molar-refractivity contribution in [1.29, 1.82) is 0 Å². The van der Waals surface area contributed by atoms with Gasteiger partial charge in [0.15, 0.2) is 0 Å². The first-order chi connectivity index (χ1) is 17.0. The predicted octanol–water partition coefficient (Wildman–Crippen LogP) is 4.87. The minimum Gasteiger partial charge on any atom is -0.497 e. The number of aliphatic carboxylic acids is 1. The first kappa shape index (κ1) is 25.1. The Morgan fingerprint density at radius 3 is 2.40 bits per heavy atom. The Hall–Kier alpha value is -2.97. The van der Waals surface area contributed by atoms with Crippen LogP contribution in [-0.4, -0.2) is 51.6 Å². The van der Waals surface area contributed by atoms with Crippen molar-refractivity contribution in [2.24, 2.45) is 11.8 Å². The van der Waals surface area contributed by atoms with E-state index in [1.165, 1.54) is 0 Å². The number of nitrogens with zero attached hydrogens (tertiary/aromatic N) is 2. The summed E-state index contributed by atoms with van der Waals surface area (Å²) in [6.07, 6.45) is 5.70. The molecule has 0 spiro atoms. The van der Waals surface area contributed by atoms with Crippen molar-refractivity contribution in [1.82, 2.24) is 9.78 Å². The van der Waals surface area contributed by atoms with E-state index >= 15 is 0 Å². The normalized spacial score (nSPS) is 18.8. The Morgan fingerprint density at radius 1 is 1.06 bits per heavy atom. The molecular formula is C27H32N2O5S. The standard InChI is InChI=1S/C27H32N2O5S/c1-33-23-10-6-9-22(15-23)25-26(21-7-4-3-5-8-21)28-29(27(25)35(2)32)16-19-11-13-20(14-12-19)17-34-18-24(30)31/h3-10,15,19-20H,11-14,16-18H2,1-2H3,(H,30,31). The van der Waals surface area contributed by atoms with Crippen LogP contribution < -0.4 is 4.74 Å². The van der Waals surface area contributed by atoms with Crippen LogP contribution in [0.4, 0.5) is 0 Å². The highest BCUT2D eigenvalue weighted by Crippen LogP contribution is 2.39. The van der Waals surface area contributed by atoms with Gasteiger partial charge < -0.3 is 14.6 Å². The molecule has 4 rings (SSSR count). The molecule has 1 aliphatic rings. The SMILES string of the molecule is COc1cccc(-c2c(-c3ccccc3)nn(CC3CCC(COCC(=O)O)CC3)c2S(C)=O)c1. The number of rotatable bonds is 10. The number of carbonyl (C=O) groups is 1. The van der Waals surface area contributed by atoms with Gasteiger partial charge in [-0.3, -0.25) is 8.89 Å². The van der Waals surface area contributed by atoms with E-state index in [4.69, 9.17) is 19.7 Å². The monoisotopic (exact) mass is 496 g/mol. The summed E-state index contributed by atoms with van der Waals surface area (Å²) in [7, 11) is 0.391. The van der Waals surface area contributed by atoms with E-state index in [0.717, 1.165) is 58.8 Å². The lowest BCUT2D eigenvalue weighted by Gasteiger charge is -2.28. The van der Waals surface area contributed by atoms with Crippen LogP contribution in [0.1, 0.15) is 25.7 Å². The molecule has 8 heteroatoms. The van der Waals surface area contributed by atoms with E-state index < -0.39 is 16.8 Å². The summed E-state index contributed by atoms with van der Waals surface area (Å²) in [5.74, 6) is 0.606. The average Bonchev–Trinajstić information content (AvgIpc) is 3.25. The number of hydrogen-bond donors (Lipinski definition) is 1. The van der Waals surface area contributed by atoms with Crippen molar-refractivity contribution < 1.29 is 23.6 Å². The molecule has 1 N–H and O–H groups in total. The number of carboxylic acid groups (broad SMARTS) is 1. The van der Waals surface area contributed by atoms with Gasteiger partial charge in [-0.1, -0.05) is 42.5 Å². The summed E-state index contributed by atoms with van der Waals surface area (Å²) in [6.45, 7) is 0.943. The van der Waals surface area contributed by atoms with Crippen molar-refractivity contribution in [2.45, 2.75) is 37.3 Å². The molecule has 1 aliphatic carbocycles. The van der Waals surface area contributed by atoms with Crippen LogP contribution in [0.15, 0.2) is 59.6 Å². The Labute approximate surface area is 208 Å². The molecule has 1 atom stereocenters. The summed E-state index contributed by atoms with van der Waals surface area (Å²) in [4.78, 5) is 10.7.